The van der Waals surface area contributed by atoms with E-state index >= 15 is 0 Å². The summed E-state index contributed by atoms with van der Waals surface area (Å²) in [6, 6.07) is 4.54. The number of rotatable bonds is 4. The molecule has 1 aliphatic rings. The number of hydroxylamine groups is 3. The second-order valence-corrected chi connectivity index (χ2v) is 4.34. The number of carbonyl (C=O) groups is 2. The Kier molecular flexibility index (Phi) is 3.20. The van der Waals surface area contributed by atoms with Crippen molar-refractivity contribution in [1.29, 1.82) is 0 Å². The molecule has 1 aromatic carbocycles. The molecule has 1 aromatic rings. The lowest BCUT2D eigenvalue weighted by Crippen LogP contribution is -2.30. The molecule has 0 saturated heterocycles. The van der Waals surface area contributed by atoms with Gasteiger partial charge in [0, 0.05) is 17.7 Å². The van der Waals surface area contributed by atoms with Gasteiger partial charge in [0.1, 0.15) is 18.9 Å². The molecule has 2 rings (SSSR count). The topological polar surface area (TPSA) is 106 Å². The van der Waals surface area contributed by atoms with Crippen LogP contribution in [0, 0.1) is 0 Å². The first-order valence-corrected chi connectivity index (χ1v) is 5.61. The van der Waals surface area contributed by atoms with Crippen LogP contribution in [0.25, 0.3) is 0 Å². The van der Waals surface area contributed by atoms with Crippen molar-refractivity contribution < 1.29 is 19.4 Å². The normalized spacial score (nSPS) is 15.6. The van der Waals surface area contributed by atoms with Crippen LogP contribution in [0.2, 0.25) is 0 Å². The van der Waals surface area contributed by atoms with Gasteiger partial charge in [0.15, 0.2) is 0 Å². The van der Waals surface area contributed by atoms with Crippen LogP contribution in [-0.2, 0) is 6.54 Å². The van der Waals surface area contributed by atoms with E-state index in [-0.39, 0.29) is 17.7 Å². The summed E-state index contributed by atoms with van der Waals surface area (Å²) in [6.45, 7) is 0.228. The van der Waals surface area contributed by atoms with Crippen molar-refractivity contribution in [3.8, 4) is 0 Å². The number of hydrogen-bond acceptors (Lipinski definition) is 3. The van der Waals surface area contributed by atoms with Gasteiger partial charge in [-0.2, -0.15) is 0 Å². The van der Waals surface area contributed by atoms with Gasteiger partial charge in [-0.05, 0) is 12.1 Å². The van der Waals surface area contributed by atoms with Crippen molar-refractivity contribution in [2.75, 3.05) is 0 Å². The first-order chi connectivity index (χ1) is 8.91. The maximum absolute atomic E-state index is 11.3. The predicted molar refractivity (Wildman–Crippen MR) is 67.5 cm³/mol. The zero-order chi connectivity index (χ0) is 14.0. The van der Waals surface area contributed by atoms with Crippen molar-refractivity contribution in [2.24, 2.45) is 11.5 Å². The molecule has 0 bridgehead atoms. The number of hydrogen-bond donors (Lipinski definition) is 3. The standard InChI is InChI=1S/C13H13N3O3/c14-12(17)10-4-3-9(7-11(10)13(15)18)8-16(19)5-1-2-6-16/h1-7,19H,8H2,(H3-,14,15,17,18)/p+1. The second-order valence-electron chi connectivity index (χ2n) is 4.34. The molecule has 2 amide bonds. The predicted octanol–water partition coefficient (Wildman–Crippen LogP) is 0.631. The zero-order valence-electron chi connectivity index (χ0n) is 10.1. The Morgan fingerprint density at radius 1 is 1.05 bits per heavy atom. The molecule has 0 spiro atoms. The van der Waals surface area contributed by atoms with E-state index in [2.05, 4.69) is 0 Å². The Bertz CT molecular complexity index is 593. The summed E-state index contributed by atoms with van der Waals surface area (Å²) >= 11 is 0. The second kappa shape index (κ2) is 4.68. The highest BCUT2D eigenvalue weighted by molar-refractivity contribution is 6.06. The van der Waals surface area contributed by atoms with Crippen LogP contribution in [0.3, 0.4) is 0 Å². The number of nitrogens with two attached hydrogens (primary N) is 2. The smallest absolute Gasteiger partial charge is 0.249 e. The maximum Gasteiger partial charge on any atom is 0.249 e. The minimum Gasteiger partial charge on any atom is -0.366 e. The van der Waals surface area contributed by atoms with E-state index in [1.807, 2.05) is 0 Å². The molecular formula is C13H14N3O3+. The van der Waals surface area contributed by atoms with Crippen LogP contribution in [-0.4, -0.2) is 21.7 Å². The molecule has 1 heterocycles. The van der Waals surface area contributed by atoms with Crippen LogP contribution in [0.4, 0.5) is 0 Å². The third-order valence-corrected chi connectivity index (χ3v) is 2.85. The quantitative estimate of drug-likeness (QED) is 0.691. The average molecular weight is 260 g/mol. The highest BCUT2D eigenvalue weighted by Crippen LogP contribution is 2.20. The molecule has 0 atom stereocenters. The van der Waals surface area contributed by atoms with E-state index in [0.29, 0.717) is 5.56 Å². The van der Waals surface area contributed by atoms with Crippen molar-refractivity contribution >= 4 is 11.8 Å². The number of nitrogens with zero attached hydrogens (tertiary/aromatic N) is 1. The zero-order valence-corrected chi connectivity index (χ0v) is 10.1. The molecular weight excluding hydrogens is 246 g/mol. The fraction of sp³-hybridized carbons (Fsp3) is 0.0769. The molecule has 5 N–H and O–H groups in total. The molecule has 1 aliphatic heterocycles. The van der Waals surface area contributed by atoms with E-state index < -0.39 is 16.5 Å². The fourth-order valence-electron chi connectivity index (χ4n) is 1.95. The van der Waals surface area contributed by atoms with Crippen LogP contribution < -0.4 is 11.5 Å². The highest BCUT2D eigenvalue weighted by Gasteiger charge is 2.24. The van der Waals surface area contributed by atoms with Crippen molar-refractivity contribution in [1.82, 2.24) is 0 Å². The molecule has 0 radical (unpaired) electrons. The number of amides is 2. The van der Waals surface area contributed by atoms with Crippen LogP contribution >= 0.6 is 0 Å². The molecule has 19 heavy (non-hydrogen) atoms. The number of carbonyl (C=O) groups excluding carboxylic acids is 2. The summed E-state index contributed by atoms with van der Waals surface area (Å²) in [5.41, 5.74) is 11.2. The first kappa shape index (κ1) is 13.0. The summed E-state index contributed by atoms with van der Waals surface area (Å²) in [5, 5.41) is 10.1. The average Bonchev–Trinajstić information content (AvgIpc) is 2.75. The lowest BCUT2D eigenvalue weighted by Gasteiger charge is -2.19. The van der Waals surface area contributed by atoms with Crippen LogP contribution in [0.5, 0.6) is 0 Å². The van der Waals surface area contributed by atoms with Crippen molar-refractivity contribution in [2.45, 2.75) is 6.54 Å². The Labute approximate surface area is 109 Å². The molecule has 6 heteroatoms. The Morgan fingerprint density at radius 3 is 2.16 bits per heavy atom. The number of benzene rings is 1. The van der Waals surface area contributed by atoms with Gasteiger partial charge in [-0.3, -0.25) is 9.59 Å². The molecule has 0 aliphatic carbocycles. The van der Waals surface area contributed by atoms with Gasteiger partial charge in [-0.1, -0.05) is 6.07 Å². The van der Waals surface area contributed by atoms with Crippen molar-refractivity contribution in [3.63, 3.8) is 0 Å². The molecule has 0 unspecified atom stereocenters. The lowest BCUT2D eigenvalue weighted by molar-refractivity contribution is -1.03. The number of quaternary nitrogens is 1. The maximum atomic E-state index is 11.3. The molecule has 0 saturated carbocycles. The monoisotopic (exact) mass is 260 g/mol. The third-order valence-electron chi connectivity index (χ3n) is 2.85. The van der Waals surface area contributed by atoms with Gasteiger partial charge in [0.05, 0.1) is 11.1 Å². The van der Waals surface area contributed by atoms with Gasteiger partial charge < -0.3 is 11.5 Å². The highest BCUT2D eigenvalue weighted by atomic mass is 16.5. The lowest BCUT2D eigenvalue weighted by atomic mass is 10.0. The van der Waals surface area contributed by atoms with Gasteiger partial charge in [0.25, 0.3) is 0 Å². The van der Waals surface area contributed by atoms with E-state index in [1.165, 1.54) is 12.1 Å². The minimum absolute atomic E-state index is 0.0590. The number of allylic oxidation sites excluding steroid dienone is 2. The van der Waals surface area contributed by atoms with E-state index in [4.69, 9.17) is 11.5 Å². The van der Waals surface area contributed by atoms with E-state index in [0.717, 1.165) is 0 Å². The summed E-state index contributed by atoms with van der Waals surface area (Å²) < 4.78 is -0.395. The van der Waals surface area contributed by atoms with Crippen molar-refractivity contribution in [3.05, 3.63) is 59.4 Å². The third kappa shape index (κ3) is 2.70. The molecule has 0 aromatic heterocycles. The Hall–Kier alpha value is -2.44. The number of primary amides is 2. The van der Waals surface area contributed by atoms with Gasteiger partial charge in [-0.25, -0.2) is 5.21 Å². The van der Waals surface area contributed by atoms with Crippen LogP contribution in [0.1, 0.15) is 26.3 Å². The molecule has 98 valence electrons. The fourth-order valence-corrected chi connectivity index (χ4v) is 1.95. The Balaban J connectivity index is 2.36. The minimum atomic E-state index is -0.729. The van der Waals surface area contributed by atoms with Crippen LogP contribution in [0.15, 0.2) is 42.8 Å². The molecule has 0 fully saturated rings. The summed E-state index contributed by atoms with van der Waals surface area (Å²) in [6.07, 6.45) is 6.61. The SMILES string of the molecule is NC(=O)c1ccc(C[N+]2(O)C=CC=C2)cc1C(N)=O. The largest absolute Gasteiger partial charge is 0.366 e. The first-order valence-electron chi connectivity index (χ1n) is 5.61. The summed E-state index contributed by atoms with van der Waals surface area (Å²) in [5.74, 6) is -1.44. The van der Waals surface area contributed by atoms with E-state index in [9.17, 15) is 14.8 Å². The Morgan fingerprint density at radius 2 is 1.63 bits per heavy atom. The van der Waals surface area contributed by atoms with Gasteiger partial charge in [0.2, 0.25) is 11.8 Å². The van der Waals surface area contributed by atoms with Gasteiger partial charge >= 0.3 is 0 Å². The van der Waals surface area contributed by atoms with Gasteiger partial charge in [-0.15, -0.1) is 4.65 Å². The van der Waals surface area contributed by atoms with E-state index in [1.54, 1.807) is 30.6 Å². The summed E-state index contributed by atoms with van der Waals surface area (Å²) in [7, 11) is 0. The summed E-state index contributed by atoms with van der Waals surface area (Å²) in [4.78, 5) is 22.5. The molecule has 6 nitrogen and oxygen atoms in total.